The molecule has 3 aliphatic rings. The highest BCUT2D eigenvalue weighted by Gasteiger charge is 2.41. The number of likely N-dealkylation sites (tertiary alicyclic amines) is 1. The van der Waals surface area contributed by atoms with E-state index in [9.17, 15) is 9.59 Å². The fraction of sp³-hybridized carbons (Fsp3) is 0.615. The van der Waals surface area contributed by atoms with E-state index in [0.717, 1.165) is 42.7 Å². The Morgan fingerprint density at radius 2 is 1.91 bits per heavy atom. The lowest BCUT2D eigenvalue weighted by atomic mass is 9.93. The molecule has 1 aromatic carbocycles. The summed E-state index contributed by atoms with van der Waals surface area (Å²) in [4.78, 5) is 31.3. The number of hydrogen-bond acceptors (Lipinski definition) is 4. The van der Waals surface area contributed by atoms with Gasteiger partial charge in [-0.3, -0.25) is 9.59 Å². The quantitative estimate of drug-likeness (QED) is 0.435. The van der Waals surface area contributed by atoms with Crippen molar-refractivity contribution in [2.75, 3.05) is 26.2 Å². The van der Waals surface area contributed by atoms with Crippen LogP contribution in [0.2, 0.25) is 5.02 Å². The van der Waals surface area contributed by atoms with Gasteiger partial charge in [-0.25, -0.2) is 0 Å². The first-order chi connectivity index (χ1) is 16.0. The molecule has 0 radical (unpaired) electrons. The minimum Gasteiger partial charge on any atom is -0.355 e. The largest absolute Gasteiger partial charge is 0.355 e. The van der Waals surface area contributed by atoms with Crippen LogP contribution in [0, 0.1) is 0 Å². The van der Waals surface area contributed by atoms with Crippen LogP contribution in [0.15, 0.2) is 29.2 Å². The molecule has 2 aliphatic heterocycles. The van der Waals surface area contributed by atoms with E-state index >= 15 is 0 Å². The molecule has 3 fully saturated rings. The van der Waals surface area contributed by atoms with Gasteiger partial charge in [-0.15, -0.1) is 11.8 Å². The fourth-order valence-corrected chi connectivity index (χ4v) is 6.88. The maximum atomic E-state index is 13.4. The number of nitrogens with zero attached hydrogens (tertiary/aromatic N) is 2. The number of halogens is 1. The van der Waals surface area contributed by atoms with Gasteiger partial charge in [0.15, 0.2) is 0 Å². The van der Waals surface area contributed by atoms with E-state index in [1.165, 1.54) is 32.2 Å². The zero-order chi connectivity index (χ0) is 23.2. The Hall–Kier alpha value is -1.50. The zero-order valence-electron chi connectivity index (χ0n) is 19.6. The van der Waals surface area contributed by atoms with Gasteiger partial charge in [0.25, 0.3) is 5.91 Å². The highest BCUT2D eigenvalue weighted by Crippen LogP contribution is 2.42. The van der Waals surface area contributed by atoms with Crippen LogP contribution >= 0.6 is 23.4 Å². The first kappa shape index (κ1) is 24.6. The van der Waals surface area contributed by atoms with Crippen molar-refractivity contribution in [3.63, 3.8) is 0 Å². The number of nitrogens with one attached hydrogen (secondary N) is 1. The number of hydrogen-bond donors (Lipinski definition) is 1. The Bertz CT molecular complexity index is 860. The SMILES string of the molecule is CC1CCCCN1CCCNC(=O)CN1C(=O)/C(=C\c2ccc(Cl)cc2)SC2CCCCC21. The average molecular weight is 490 g/mol. The summed E-state index contributed by atoms with van der Waals surface area (Å²) in [7, 11) is 0. The average Bonchev–Trinajstić information content (AvgIpc) is 2.82. The molecule has 3 atom stereocenters. The fourth-order valence-electron chi connectivity index (χ4n) is 5.28. The number of fused-ring (bicyclic) bond motifs is 1. The van der Waals surface area contributed by atoms with Crippen molar-refractivity contribution in [2.45, 2.75) is 75.6 Å². The summed E-state index contributed by atoms with van der Waals surface area (Å²) in [6.07, 6.45) is 11.2. The summed E-state index contributed by atoms with van der Waals surface area (Å²) in [5.41, 5.74) is 0.959. The normalized spacial score (nSPS) is 27.5. The smallest absolute Gasteiger partial charge is 0.261 e. The van der Waals surface area contributed by atoms with Crippen molar-refractivity contribution >= 4 is 41.3 Å². The summed E-state index contributed by atoms with van der Waals surface area (Å²) >= 11 is 7.70. The Labute approximate surface area is 207 Å². The van der Waals surface area contributed by atoms with Gasteiger partial charge < -0.3 is 15.1 Å². The first-order valence-corrected chi connectivity index (χ1v) is 13.7. The number of thioether (sulfide) groups is 1. The molecule has 1 aromatic rings. The zero-order valence-corrected chi connectivity index (χ0v) is 21.2. The maximum Gasteiger partial charge on any atom is 0.261 e. The number of amides is 2. The van der Waals surface area contributed by atoms with E-state index in [1.807, 2.05) is 35.2 Å². The third-order valence-corrected chi connectivity index (χ3v) is 8.84. The van der Waals surface area contributed by atoms with Crippen molar-refractivity contribution < 1.29 is 9.59 Å². The van der Waals surface area contributed by atoms with Gasteiger partial charge >= 0.3 is 0 Å². The molecule has 5 nitrogen and oxygen atoms in total. The van der Waals surface area contributed by atoms with Gasteiger partial charge in [0.05, 0.1) is 4.91 Å². The van der Waals surface area contributed by atoms with Crippen LogP contribution in [0.3, 0.4) is 0 Å². The van der Waals surface area contributed by atoms with Crippen LogP contribution in [-0.2, 0) is 9.59 Å². The molecule has 0 spiro atoms. The highest BCUT2D eigenvalue weighted by atomic mass is 35.5. The number of benzene rings is 1. The molecule has 1 N–H and O–H groups in total. The van der Waals surface area contributed by atoms with E-state index in [0.29, 0.717) is 22.9 Å². The van der Waals surface area contributed by atoms with E-state index < -0.39 is 0 Å². The second-order valence-corrected chi connectivity index (χ2v) is 11.3. The summed E-state index contributed by atoms with van der Waals surface area (Å²) < 4.78 is 0. The molecule has 2 amide bonds. The Balaban J connectivity index is 1.35. The lowest BCUT2D eigenvalue weighted by Crippen LogP contribution is -2.54. The third-order valence-electron chi connectivity index (χ3n) is 7.18. The van der Waals surface area contributed by atoms with Crippen LogP contribution in [0.25, 0.3) is 6.08 Å². The summed E-state index contributed by atoms with van der Waals surface area (Å²) in [5, 5.41) is 4.12. The van der Waals surface area contributed by atoms with Crippen molar-refractivity contribution in [3.8, 4) is 0 Å². The molecule has 1 aliphatic carbocycles. The number of carbonyl (C=O) groups is 2. The Kier molecular flexibility index (Phi) is 8.78. The number of piperidine rings is 1. The topological polar surface area (TPSA) is 52.7 Å². The van der Waals surface area contributed by atoms with Gasteiger partial charge in [0.2, 0.25) is 5.91 Å². The predicted octanol–water partition coefficient (Wildman–Crippen LogP) is 4.95. The Morgan fingerprint density at radius 1 is 1.15 bits per heavy atom. The second-order valence-electron chi connectivity index (χ2n) is 9.59. The second kappa shape index (κ2) is 11.8. The molecule has 3 unspecified atom stereocenters. The molecule has 0 aromatic heterocycles. The molecule has 180 valence electrons. The van der Waals surface area contributed by atoms with Crippen molar-refractivity contribution in [1.82, 2.24) is 15.1 Å². The van der Waals surface area contributed by atoms with Crippen LogP contribution in [-0.4, -0.2) is 65.1 Å². The van der Waals surface area contributed by atoms with E-state index in [2.05, 4.69) is 17.1 Å². The van der Waals surface area contributed by atoms with Crippen molar-refractivity contribution in [3.05, 3.63) is 39.8 Å². The molecule has 0 bridgehead atoms. The van der Waals surface area contributed by atoms with E-state index in [-0.39, 0.29) is 24.4 Å². The predicted molar refractivity (Wildman–Crippen MR) is 137 cm³/mol. The van der Waals surface area contributed by atoms with E-state index in [1.54, 1.807) is 11.8 Å². The first-order valence-electron chi connectivity index (χ1n) is 12.5. The summed E-state index contributed by atoms with van der Waals surface area (Å²) in [6.45, 7) is 5.31. The van der Waals surface area contributed by atoms with Gasteiger partial charge in [-0.05, 0) is 69.3 Å². The minimum atomic E-state index is -0.0443. The molecule has 2 heterocycles. The van der Waals surface area contributed by atoms with Gasteiger partial charge in [-0.2, -0.15) is 0 Å². The summed E-state index contributed by atoms with van der Waals surface area (Å²) in [6, 6.07) is 8.33. The highest BCUT2D eigenvalue weighted by molar-refractivity contribution is 8.04. The third kappa shape index (κ3) is 6.55. The van der Waals surface area contributed by atoms with E-state index in [4.69, 9.17) is 11.6 Å². The van der Waals surface area contributed by atoms with Crippen molar-refractivity contribution in [1.29, 1.82) is 0 Å². The molecular weight excluding hydrogens is 454 g/mol. The van der Waals surface area contributed by atoms with Crippen LogP contribution < -0.4 is 5.32 Å². The van der Waals surface area contributed by atoms with Crippen LogP contribution in [0.5, 0.6) is 0 Å². The van der Waals surface area contributed by atoms with Crippen LogP contribution in [0.1, 0.15) is 63.9 Å². The molecule has 4 rings (SSSR count). The van der Waals surface area contributed by atoms with Gasteiger partial charge in [0, 0.05) is 35.4 Å². The number of carbonyl (C=O) groups excluding carboxylic acids is 2. The minimum absolute atomic E-state index is 0.0182. The molecular formula is C26H36ClN3O2S. The standard InChI is InChI=1S/C26H36ClN3O2S/c1-19-7-4-5-15-29(19)16-6-14-28-25(31)18-30-22-8-2-3-9-23(22)33-24(26(30)32)17-20-10-12-21(27)13-11-20/h10-13,17,19,22-23H,2-9,14-16,18H2,1H3,(H,28,31)/b24-17+. The summed E-state index contributed by atoms with van der Waals surface area (Å²) in [5.74, 6) is -0.0625. The van der Waals surface area contributed by atoms with Gasteiger partial charge in [-0.1, -0.05) is 43.0 Å². The molecule has 2 saturated heterocycles. The van der Waals surface area contributed by atoms with Crippen molar-refractivity contribution in [2.24, 2.45) is 0 Å². The molecule has 7 heteroatoms. The molecule has 33 heavy (non-hydrogen) atoms. The lowest BCUT2D eigenvalue weighted by molar-refractivity contribution is -0.135. The Morgan fingerprint density at radius 3 is 2.70 bits per heavy atom. The monoisotopic (exact) mass is 489 g/mol. The van der Waals surface area contributed by atoms with Crippen LogP contribution in [0.4, 0.5) is 0 Å². The number of rotatable bonds is 7. The van der Waals surface area contributed by atoms with Gasteiger partial charge in [0.1, 0.15) is 6.54 Å². The molecule has 1 saturated carbocycles. The lowest BCUT2D eigenvalue weighted by Gasteiger charge is -2.43. The maximum absolute atomic E-state index is 13.4.